The molecule has 2 heterocycles. The van der Waals surface area contributed by atoms with Gasteiger partial charge in [0, 0.05) is 27.8 Å². The molecule has 3 aromatic rings. The van der Waals surface area contributed by atoms with Crippen LogP contribution in [-0.4, -0.2) is 27.3 Å². The molecule has 0 radical (unpaired) electrons. The lowest BCUT2D eigenvalue weighted by Gasteiger charge is -2.63. The molecular formula is C47H71N3. The number of likely N-dealkylation sites (tertiary alicyclic amines) is 1. The van der Waals surface area contributed by atoms with Crippen molar-refractivity contribution in [1.29, 1.82) is 0 Å². The predicted molar refractivity (Wildman–Crippen MR) is 214 cm³/mol. The lowest BCUT2D eigenvalue weighted by Crippen LogP contribution is -2.65. The molecule has 1 spiro atoms. The maximum atomic E-state index is 4.61. The molecule has 274 valence electrons. The normalized spacial score (nSPS) is 35.8. The summed E-state index contributed by atoms with van der Waals surface area (Å²) in [6.07, 6.45) is 13.2. The molecule has 6 fully saturated rings. The first-order valence-electron chi connectivity index (χ1n) is 21.0. The fourth-order valence-electron chi connectivity index (χ4n) is 13.4. The quantitative estimate of drug-likeness (QED) is 0.290. The summed E-state index contributed by atoms with van der Waals surface area (Å²) < 4.78 is 2.62. The molecule has 3 heteroatoms. The minimum Gasteiger partial charge on any atom is -0.307 e. The predicted octanol–water partition coefficient (Wildman–Crippen LogP) is 12.3. The second-order valence-electron chi connectivity index (χ2n) is 21.9. The van der Waals surface area contributed by atoms with Crippen LogP contribution in [0.2, 0.25) is 0 Å². The molecule has 3 atom stereocenters. The molecule has 4 bridgehead atoms. The third-order valence-electron chi connectivity index (χ3n) is 15.6. The summed E-state index contributed by atoms with van der Waals surface area (Å²) in [4.78, 5) is 3.20. The van der Waals surface area contributed by atoms with E-state index < -0.39 is 0 Å². The zero-order valence-corrected chi connectivity index (χ0v) is 34.0. The average molecular weight is 678 g/mol. The molecule has 9 rings (SSSR count). The topological polar surface area (TPSA) is 20.2 Å². The van der Waals surface area contributed by atoms with Gasteiger partial charge in [0.05, 0.1) is 11.0 Å². The molecule has 3 unspecified atom stereocenters. The van der Waals surface area contributed by atoms with Gasteiger partial charge in [0.25, 0.3) is 0 Å². The number of nitrogens with zero attached hydrogens (tertiary/aromatic N) is 2. The van der Waals surface area contributed by atoms with Gasteiger partial charge in [0.1, 0.15) is 6.17 Å². The van der Waals surface area contributed by atoms with Crippen LogP contribution in [0.3, 0.4) is 0 Å². The standard InChI is InChI=1S/C47H71N3/c1-28(2)36-14-13-15-37(29(3)4)42(36)49-43(47(27-46(49,11)12)34-21-30-20-31(23-34)24-35(47)22-30)48-50-40-18-16-32(44(5,6)7)25-38(40)39-26-33(45(8,9)10)17-19-41(39)50/h16-19,25-26,28-31,34-37,42-43,48H,13-15,20-24,27H2,1-12H3. The van der Waals surface area contributed by atoms with Crippen LogP contribution in [0.15, 0.2) is 36.4 Å². The Morgan fingerprint density at radius 2 is 1.14 bits per heavy atom. The minimum atomic E-state index is 0.104. The summed E-state index contributed by atoms with van der Waals surface area (Å²) in [6, 6.07) is 15.4. The SMILES string of the molecule is CC(C)C1CCCC(C(C)C)C1N1C(Nn2c3ccc(C(C)(C)C)cc3c3cc(C(C)(C)C)ccc32)C2(CC1(C)C)C1CC3CC(C1)CC2C3. The van der Waals surface area contributed by atoms with Gasteiger partial charge in [0.15, 0.2) is 0 Å². The summed E-state index contributed by atoms with van der Waals surface area (Å²) in [6.45, 7) is 29.7. The average Bonchev–Trinajstić information content (AvgIpc) is 3.45. The fraction of sp³-hybridized carbons (Fsp3) is 0.745. The van der Waals surface area contributed by atoms with Gasteiger partial charge in [-0.1, -0.05) is 87.8 Å². The second kappa shape index (κ2) is 11.8. The molecule has 1 aromatic heterocycles. The van der Waals surface area contributed by atoms with Crippen molar-refractivity contribution in [2.45, 2.75) is 169 Å². The summed E-state index contributed by atoms with van der Waals surface area (Å²) >= 11 is 0. The van der Waals surface area contributed by atoms with Gasteiger partial charge in [-0.2, -0.15) is 0 Å². The zero-order chi connectivity index (χ0) is 35.7. The molecule has 3 nitrogen and oxygen atoms in total. The van der Waals surface area contributed by atoms with E-state index in [1.807, 2.05) is 0 Å². The van der Waals surface area contributed by atoms with E-state index in [0.717, 1.165) is 35.5 Å². The van der Waals surface area contributed by atoms with Gasteiger partial charge in [0.2, 0.25) is 0 Å². The van der Waals surface area contributed by atoms with E-state index in [1.54, 1.807) is 0 Å². The summed E-state index contributed by atoms with van der Waals surface area (Å²) in [5.41, 5.74) is 10.8. The molecule has 1 saturated heterocycles. The van der Waals surface area contributed by atoms with Crippen molar-refractivity contribution in [3.05, 3.63) is 47.5 Å². The van der Waals surface area contributed by atoms with Gasteiger partial charge in [-0.05, 0) is 159 Å². The van der Waals surface area contributed by atoms with E-state index in [2.05, 4.69) is 134 Å². The number of rotatable bonds is 5. The third-order valence-corrected chi connectivity index (χ3v) is 15.6. The van der Waals surface area contributed by atoms with Crippen molar-refractivity contribution in [1.82, 2.24) is 9.58 Å². The molecule has 5 saturated carbocycles. The van der Waals surface area contributed by atoms with Crippen molar-refractivity contribution in [2.24, 2.45) is 52.8 Å². The molecule has 50 heavy (non-hydrogen) atoms. The Kier molecular flexibility index (Phi) is 8.24. The molecular weight excluding hydrogens is 607 g/mol. The first-order chi connectivity index (χ1) is 23.4. The van der Waals surface area contributed by atoms with E-state index in [9.17, 15) is 0 Å². The van der Waals surface area contributed by atoms with Crippen molar-refractivity contribution in [3.8, 4) is 0 Å². The van der Waals surface area contributed by atoms with E-state index >= 15 is 0 Å². The molecule has 1 N–H and O–H groups in total. The van der Waals surface area contributed by atoms with Crippen molar-refractivity contribution < 1.29 is 0 Å². The Hall–Kier alpha value is -2.00. The number of benzene rings is 2. The lowest BCUT2D eigenvalue weighted by molar-refractivity contribution is -0.130. The van der Waals surface area contributed by atoms with E-state index in [0.29, 0.717) is 29.5 Å². The van der Waals surface area contributed by atoms with Crippen LogP contribution < -0.4 is 5.43 Å². The van der Waals surface area contributed by atoms with Crippen molar-refractivity contribution in [3.63, 3.8) is 0 Å². The Labute approximate surface area is 305 Å². The largest absolute Gasteiger partial charge is 0.307 e. The van der Waals surface area contributed by atoms with Gasteiger partial charge in [-0.15, -0.1) is 0 Å². The van der Waals surface area contributed by atoms with Gasteiger partial charge < -0.3 is 5.43 Å². The summed E-state index contributed by atoms with van der Waals surface area (Å²) in [7, 11) is 0. The van der Waals surface area contributed by atoms with Crippen LogP contribution in [-0.2, 0) is 10.8 Å². The Bertz CT molecular complexity index is 1620. The Morgan fingerprint density at radius 3 is 1.56 bits per heavy atom. The molecule has 5 aliphatic carbocycles. The highest BCUT2D eigenvalue weighted by atomic mass is 15.5. The highest BCUT2D eigenvalue weighted by Gasteiger charge is 2.69. The monoisotopic (exact) mass is 678 g/mol. The Balaban J connectivity index is 1.36. The first kappa shape index (κ1) is 35.1. The third kappa shape index (κ3) is 5.35. The maximum absolute atomic E-state index is 4.61. The minimum absolute atomic E-state index is 0.104. The van der Waals surface area contributed by atoms with Crippen LogP contribution in [0.25, 0.3) is 21.8 Å². The van der Waals surface area contributed by atoms with Crippen LogP contribution in [0.5, 0.6) is 0 Å². The lowest BCUT2D eigenvalue weighted by atomic mass is 9.44. The Morgan fingerprint density at radius 1 is 0.680 bits per heavy atom. The number of hydrogen-bond acceptors (Lipinski definition) is 2. The summed E-state index contributed by atoms with van der Waals surface area (Å²) in [5, 5.41) is 2.82. The number of hydrogen-bond donors (Lipinski definition) is 1. The zero-order valence-electron chi connectivity index (χ0n) is 34.0. The van der Waals surface area contributed by atoms with Crippen molar-refractivity contribution >= 4 is 21.8 Å². The first-order valence-corrected chi connectivity index (χ1v) is 21.0. The fourth-order valence-corrected chi connectivity index (χ4v) is 13.4. The number of aromatic nitrogens is 1. The van der Waals surface area contributed by atoms with Gasteiger partial charge in [-0.25, -0.2) is 0 Å². The smallest absolute Gasteiger partial charge is 0.101 e. The highest BCUT2D eigenvalue weighted by Crippen LogP contribution is 2.70. The van der Waals surface area contributed by atoms with Crippen LogP contribution in [0.1, 0.15) is 152 Å². The van der Waals surface area contributed by atoms with Gasteiger partial charge in [-0.3, -0.25) is 9.58 Å². The number of nitrogens with one attached hydrogen (secondary N) is 1. The highest BCUT2D eigenvalue weighted by molar-refractivity contribution is 6.09. The molecule has 6 aliphatic rings. The number of fused-ring (bicyclic) bond motifs is 3. The van der Waals surface area contributed by atoms with E-state index in [1.165, 1.54) is 90.7 Å². The molecule has 2 aromatic carbocycles. The second-order valence-corrected chi connectivity index (χ2v) is 21.9. The summed E-state index contributed by atoms with van der Waals surface area (Å²) in [5.74, 6) is 6.52. The van der Waals surface area contributed by atoms with Crippen LogP contribution in [0, 0.1) is 52.8 Å². The van der Waals surface area contributed by atoms with Crippen LogP contribution >= 0.6 is 0 Å². The van der Waals surface area contributed by atoms with Gasteiger partial charge >= 0.3 is 0 Å². The van der Waals surface area contributed by atoms with E-state index in [4.69, 9.17) is 0 Å². The maximum Gasteiger partial charge on any atom is 0.101 e. The molecule has 0 amide bonds. The van der Waals surface area contributed by atoms with E-state index in [-0.39, 0.29) is 16.4 Å². The van der Waals surface area contributed by atoms with Crippen molar-refractivity contribution in [2.75, 3.05) is 5.43 Å². The molecule has 1 aliphatic heterocycles. The van der Waals surface area contributed by atoms with Crippen LogP contribution in [0.4, 0.5) is 0 Å².